The lowest BCUT2D eigenvalue weighted by atomic mass is 10.2. The van der Waals surface area contributed by atoms with Crippen LogP contribution >= 0.6 is 0 Å². The Balaban J connectivity index is 1.43. The largest absolute Gasteiger partial charge is 0.482 e. The first kappa shape index (κ1) is 18.2. The van der Waals surface area contributed by atoms with Gasteiger partial charge in [0.15, 0.2) is 6.61 Å². The van der Waals surface area contributed by atoms with Gasteiger partial charge in [-0.2, -0.15) is 0 Å². The van der Waals surface area contributed by atoms with E-state index < -0.39 is 0 Å². The van der Waals surface area contributed by atoms with Gasteiger partial charge in [0.25, 0.3) is 0 Å². The number of carbonyl (C=O) groups excluding carboxylic acids is 1. The molecule has 2 aliphatic rings. The van der Waals surface area contributed by atoms with Gasteiger partial charge >= 0.3 is 5.97 Å². The summed E-state index contributed by atoms with van der Waals surface area (Å²) in [6, 6.07) is 8.72. The number of ether oxygens (including phenoxy) is 2. The molecule has 138 valence electrons. The SMILES string of the molecule is CCOC(=O)COc1ccc(CN2CCC(N3CCNCC3)C2)cc1. The Morgan fingerprint density at radius 1 is 1.20 bits per heavy atom. The first-order valence-electron chi connectivity index (χ1n) is 9.29. The molecular formula is C19H29N3O3. The summed E-state index contributed by atoms with van der Waals surface area (Å²) in [6.07, 6.45) is 1.26. The maximum Gasteiger partial charge on any atom is 0.344 e. The number of likely N-dealkylation sites (tertiary alicyclic amines) is 1. The second-order valence-corrected chi connectivity index (χ2v) is 6.70. The third-order valence-corrected chi connectivity index (χ3v) is 4.91. The van der Waals surface area contributed by atoms with Crippen LogP contribution in [0, 0.1) is 0 Å². The Morgan fingerprint density at radius 3 is 2.68 bits per heavy atom. The fourth-order valence-electron chi connectivity index (χ4n) is 3.60. The van der Waals surface area contributed by atoms with E-state index >= 15 is 0 Å². The van der Waals surface area contributed by atoms with E-state index in [1.807, 2.05) is 12.1 Å². The molecule has 1 aromatic rings. The zero-order valence-corrected chi connectivity index (χ0v) is 15.1. The standard InChI is InChI=1S/C19H29N3O3/c1-2-24-19(23)15-25-18-5-3-16(4-6-18)13-21-10-7-17(14-21)22-11-8-20-9-12-22/h3-6,17,20H,2,7-15H2,1H3. The van der Waals surface area contributed by atoms with Crippen LogP contribution in [0.4, 0.5) is 0 Å². The molecular weight excluding hydrogens is 318 g/mol. The molecule has 0 amide bonds. The van der Waals surface area contributed by atoms with Gasteiger partial charge in [0.2, 0.25) is 0 Å². The summed E-state index contributed by atoms with van der Waals surface area (Å²) in [5, 5.41) is 3.42. The molecule has 2 fully saturated rings. The molecule has 2 saturated heterocycles. The third kappa shape index (κ3) is 5.42. The highest BCUT2D eigenvalue weighted by Crippen LogP contribution is 2.20. The molecule has 6 heteroatoms. The van der Waals surface area contributed by atoms with Crippen molar-refractivity contribution >= 4 is 5.97 Å². The maximum absolute atomic E-state index is 11.3. The monoisotopic (exact) mass is 347 g/mol. The molecule has 0 aliphatic carbocycles. The predicted molar refractivity (Wildman–Crippen MR) is 96.7 cm³/mol. The number of carbonyl (C=O) groups is 1. The van der Waals surface area contributed by atoms with Gasteiger partial charge in [0.1, 0.15) is 5.75 Å². The van der Waals surface area contributed by atoms with Gasteiger partial charge in [-0.25, -0.2) is 4.79 Å². The van der Waals surface area contributed by atoms with Crippen molar-refractivity contribution in [2.75, 3.05) is 52.5 Å². The number of esters is 1. The fraction of sp³-hybridized carbons (Fsp3) is 0.632. The van der Waals surface area contributed by atoms with Crippen molar-refractivity contribution in [2.24, 2.45) is 0 Å². The number of hydrogen-bond donors (Lipinski definition) is 1. The van der Waals surface area contributed by atoms with Crippen molar-refractivity contribution < 1.29 is 14.3 Å². The van der Waals surface area contributed by atoms with Crippen molar-refractivity contribution in [3.05, 3.63) is 29.8 Å². The highest BCUT2D eigenvalue weighted by molar-refractivity contribution is 5.71. The van der Waals surface area contributed by atoms with Crippen LogP contribution in [0.2, 0.25) is 0 Å². The highest BCUT2D eigenvalue weighted by atomic mass is 16.6. The summed E-state index contributed by atoms with van der Waals surface area (Å²) < 4.78 is 10.3. The second kappa shape index (κ2) is 9.17. The average molecular weight is 347 g/mol. The van der Waals surface area contributed by atoms with Gasteiger partial charge in [0, 0.05) is 51.9 Å². The summed E-state index contributed by atoms with van der Waals surface area (Å²) in [5.74, 6) is 0.375. The van der Waals surface area contributed by atoms with Crippen molar-refractivity contribution in [3.8, 4) is 5.75 Å². The summed E-state index contributed by atoms with van der Waals surface area (Å²) in [4.78, 5) is 16.5. The first-order chi connectivity index (χ1) is 12.2. The van der Waals surface area contributed by atoms with Crippen molar-refractivity contribution in [3.63, 3.8) is 0 Å². The fourth-order valence-corrected chi connectivity index (χ4v) is 3.60. The Bertz CT molecular complexity index is 543. The summed E-state index contributed by atoms with van der Waals surface area (Å²) in [6.45, 7) is 10.00. The van der Waals surface area contributed by atoms with Gasteiger partial charge in [0.05, 0.1) is 6.61 Å². The molecule has 0 aromatic heterocycles. The number of benzene rings is 1. The predicted octanol–water partition coefficient (Wildman–Crippen LogP) is 1.11. The van der Waals surface area contributed by atoms with Gasteiger partial charge in [-0.05, 0) is 31.0 Å². The van der Waals surface area contributed by atoms with Crippen molar-refractivity contribution in [1.29, 1.82) is 0 Å². The summed E-state index contributed by atoms with van der Waals surface area (Å²) in [7, 11) is 0. The third-order valence-electron chi connectivity index (χ3n) is 4.91. The van der Waals surface area contributed by atoms with Crippen LogP contribution in [-0.2, 0) is 16.1 Å². The second-order valence-electron chi connectivity index (χ2n) is 6.70. The van der Waals surface area contributed by atoms with Crippen LogP contribution in [0.1, 0.15) is 18.9 Å². The Hall–Kier alpha value is -1.63. The molecule has 3 rings (SSSR count). The number of nitrogens with zero attached hydrogens (tertiary/aromatic N) is 2. The van der Waals surface area contributed by atoms with E-state index in [0.29, 0.717) is 18.4 Å². The van der Waals surface area contributed by atoms with Gasteiger partial charge < -0.3 is 14.8 Å². The van der Waals surface area contributed by atoms with Crippen LogP contribution in [0.3, 0.4) is 0 Å². The maximum atomic E-state index is 11.3. The lowest BCUT2D eigenvalue weighted by molar-refractivity contribution is -0.145. The van der Waals surface area contributed by atoms with Crippen LogP contribution in [0.15, 0.2) is 24.3 Å². The summed E-state index contributed by atoms with van der Waals surface area (Å²) in [5.41, 5.74) is 1.28. The van der Waals surface area contributed by atoms with Crippen LogP contribution < -0.4 is 10.1 Å². The summed E-state index contributed by atoms with van der Waals surface area (Å²) >= 11 is 0. The minimum atomic E-state index is -0.331. The van der Waals surface area contributed by atoms with E-state index in [9.17, 15) is 4.79 Å². The Morgan fingerprint density at radius 2 is 1.96 bits per heavy atom. The minimum absolute atomic E-state index is 0.0360. The molecule has 0 radical (unpaired) electrons. The molecule has 1 N–H and O–H groups in total. The van der Waals surface area contributed by atoms with Crippen molar-refractivity contribution in [2.45, 2.75) is 25.9 Å². The number of hydrogen-bond acceptors (Lipinski definition) is 6. The average Bonchev–Trinajstić information content (AvgIpc) is 3.11. The van der Waals surface area contributed by atoms with E-state index in [2.05, 4.69) is 27.2 Å². The number of piperazine rings is 1. The molecule has 0 saturated carbocycles. The molecule has 1 unspecified atom stereocenters. The van der Waals surface area contributed by atoms with E-state index in [1.54, 1.807) is 6.92 Å². The Kier molecular flexibility index (Phi) is 6.67. The van der Waals surface area contributed by atoms with Crippen LogP contribution in [-0.4, -0.2) is 74.3 Å². The van der Waals surface area contributed by atoms with Crippen LogP contribution in [0.25, 0.3) is 0 Å². The number of rotatable bonds is 7. The number of nitrogens with one attached hydrogen (secondary N) is 1. The Labute approximate surface area is 150 Å². The highest BCUT2D eigenvalue weighted by Gasteiger charge is 2.28. The molecule has 1 aromatic carbocycles. The first-order valence-corrected chi connectivity index (χ1v) is 9.29. The van der Waals surface area contributed by atoms with Crippen molar-refractivity contribution in [1.82, 2.24) is 15.1 Å². The van der Waals surface area contributed by atoms with Gasteiger partial charge in [-0.15, -0.1) is 0 Å². The smallest absolute Gasteiger partial charge is 0.344 e. The van der Waals surface area contributed by atoms with E-state index in [4.69, 9.17) is 9.47 Å². The molecule has 1 atom stereocenters. The molecule has 0 spiro atoms. The van der Waals surface area contributed by atoms with E-state index in [0.717, 1.165) is 32.7 Å². The molecule has 0 bridgehead atoms. The quantitative estimate of drug-likeness (QED) is 0.746. The zero-order chi connectivity index (χ0) is 17.5. The van der Waals surface area contributed by atoms with E-state index in [1.165, 1.54) is 25.1 Å². The molecule has 6 nitrogen and oxygen atoms in total. The normalized spacial score (nSPS) is 22.0. The van der Waals surface area contributed by atoms with Gasteiger partial charge in [-0.3, -0.25) is 9.80 Å². The van der Waals surface area contributed by atoms with E-state index in [-0.39, 0.29) is 12.6 Å². The lowest BCUT2D eigenvalue weighted by Gasteiger charge is -2.32. The molecule has 25 heavy (non-hydrogen) atoms. The van der Waals surface area contributed by atoms with Gasteiger partial charge in [-0.1, -0.05) is 12.1 Å². The zero-order valence-electron chi connectivity index (χ0n) is 15.1. The minimum Gasteiger partial charge on any atom is -0.482 e. The molecule has 2 heterocycles. The topological polar surface area (TPSA) is 54.0 Å². The van der Waals surface area contributed by atoms with Crippen LogP contribution in [0.5, 0.6) is 5.75 Å². The lowest BCUT2D eigenvalue weighted by Crippen LogP contribution is -2.49. The molecule has 2 aliphatic heterocycles.